The Labute approximate surface area is 708 Å². The Morgan fingerprint density at radius 3 is 1.16 bits per heavy atom. The summed E-state index contributed by atoms with van der Waals surface area (Å²) < 4.78 is 60.2. The van der Waals surface area contributed by atoms with Gasteiger partial charge in [0.1, 0.15) is 74.5 Å². The molecule has 20 aromatic heterocycles. The third-order valence-electron chi connectivity index (χ3n) is 24.6. The normalized spacial score (nSPS) is 13.2. The van der Waals surface area contributed by atoms with Crippen molar-refractivity contribution in [3.63, 3.8) is 0 Å². The lowest BCUT2D eigenvalue weighted by atomic mass is 10.1. The SMILES string of the molecule is Cn1c2[n+](c3c1c1ncccc1n3C)Cc1cnccc1-2.[2H]C([2H])([2H])n1c2cccnc2c2c1[n+]1c(n2C)-c2ccncc2C1.c1ccc(-n2c3[n+](c4c2c2ncccc2n4-c2ccccc2)Cc2cnccc2-3)cc1.c1ccc(-n2c3[n+](c4oc5cccnc5c42)Cc2cnccc2-3)cc1.c1ccc(-n2c3[n+](c4sc5cccnc5c42)Cc2cnccc2-3)cc1. The molecule has 5 aliphatic heterocycles. The lowest BCUT2D eigenvalue weighted by Crippen LogP contribution is -2.33. The highest BCUT2D eigenvalue weighted by Gasteiger charge is 2.44. The summed E-state index contributed by atoms with van der Waals surface area (Å²) in [7, 11) is 6.19. The van der Waals surface area contributed by atoms with Gasteiger partial charge >= 0.3 is 5.71 Å². The van der Waals surface area contributed by atoms with Gasteiger partial charge < -0.3 is 4.42 Å². The number of aromatic nitrogens is 23. The largest absolute Gasteiger partial charge is 0.417 e. The lowest BCUT2D eigenvalue weighted by molar-refractivity contribution is -0.652. The first-order valence-corrected chi connectivity index (χ1v) is 41.5. The Balaban J connectivity index is 0.0000000863. The van der Waals surface area contributed by atoms with Gasteiger partial charge in [0.2, 0.25) is 49.9 Å². The maximum absolute atomic E-state index is 8.02. The van der Waals surface area contributed by atoms with Crippen LogP contribution in [0.25, 0.3) is 189 Å². The average molecular weight is 1620 g/mol. The van der Waals surface area contributed by atoms with Crippen molar-refractivity contribution in [2.45, 2.75) is 32.7 Å². The van der Waals surface area contributed by atoms with Crippen molar-refractivity contribution in [1.82, 2.24) is 86.4 Å². The van der Waals surface area contributed by atoms with E-state index in [-0.39, 0.29) is 0 Å². The summed E-state index contributed by atoms with van der Waals surface area (Å²) in [5, 5.41) is 0. The molecule has 0 fully saturated rings. The number of hydrogen-bond donors (Lipinski definition) is 0. The molecule has 123 heavy (non-hydrogen) atoms. The highest BCUT2D eigenvalue weighted by molar-refractivity contribution is 7.25. The first kappa shape index (κ1) is 66.8. The minimum Gasteiger partial charge on any atom is -0.417 e. The molecule has 24 aromatic rings. The monoisotopic (exact) mass is 1620 g/mol. The summed E-state index contributed by atoms with van der Waals surface area (Å²) in [6.07, 6.45) is 28.1. The van der Waals surface area contributed by atoms with Crippen LogP contribution in [0.4, 0.5) is 0 Å². The van der Waals surface area contributed by atoms with Gasteiger partial charge in [-0.25, -0.2) is 47.3 Å². The third kappa shape index (κ3) is 10.2. The van der Waals surface area contributed by atoms with Gasteiger partial charge in [0.25, 0.3) is 28.6 Å². The standard InChI is InChI=1S/C26H18N5.C20H13N4O.C20H13N4S.2C16H14N5/c1-3-8-19(9-4-1)30-22-12-7-14-28-23(22)24-26(30)29-17-18-16-27-15-13-21(18)25(29)31(24)20-10-5-2-6-11-20;2*1-2-5-14(6-3-1)24-18-17-16(7-4-9-22-17)25-20(18)23-12-13-11-21-10-8-15(13)19(23)24;2*1-19-12-4-3-6-18-13(12)14-16(19)21-9-10-8-17-7-5-11(10)15(21)20(14)2/h1-16H,17H2;2*1-11H,12H2;2*3-8H,9H2,1-2H3/q5*+1/i;;;1D3;. The fourth-order valence-corrected chi connectivity index (χ4v) is 20.7. The molecule has 25 heterocycles. The van der Waals surface area contributed by atoms with E-state index in [1.54, 1.807) is 18.5 Å². The molecular formula is C98H72N23OS+5. The summed E-state index contributed by atoms with van der Waals surface area (Å²) in [6.45, 7) is 1.62. The number of nitrogens with zero attached hydrogens (tertiary/aromatic N) is 23. The van der Waals surface area contributed by atoms with Crippen molar-refractivity contribution in [3.8, 4) is 79.7 Å². The number of fused-ring (bicyclic) bond motifs is 35. The smallest absolute Gasteiger partial charge is 0.341 e. The number of rotatable bonds is 4. The topological polar surface area (TPSA) is 201 Å². The Hall–Kier alpha value is -16.2. The van der Waals surface area contributed by atoms with E-state index in [4.69, 9.17) is 13.5 Å². The van der Waals surface area contributed by atoms with Crippen LogP contribution in [-0.4, -0.2) is 86.4 Å². The van der Waals surface area contributed by atoms with E-state index in [1.807, 2.05) is 152 Å². The summed E-state index contributed by atoms with van der Waals surface area (Å²) in [5.74, 6) is 5.73. The molecule has 5 aliphatic rings. The molecule has 4 aromatic carbocycles. The zero-order chi connectivity index (χ0) is 83.9. The van der Waals surface area contributed by atoms with Crippen LogP contribution >= 0.6 is 11.3 Å². The number of thiophene rings is 1. The fraction of sp³-hybridized carbons (Fsp3) is 0.0918. The number of pyridine rings is 10. The van der Waals surface area contributed by atoms with Gasteiger partial charge in [-0.2, -0.15) is 13.7 Å². The molecule has 0 saturated carbocycles. The Kier molecular flexibility index (Phi) is 14.8. The van der Waals surface area contributed by atoms with E-state index in [0.717, 1.165) is 133 Å². The molecule has 0 atom stereocenters. The van der Waals surface area contributed by atoms with Gasteiger partial charge in [0.15, 0.2) is 11.1 Å². The van der Waals surface area contributed by atoms with Crippen molar-refractivity contribution in [3.05, 3.63) is 333 Å². The van der Waals surface area contributed by atoms with E-state index < -0.39 is 6.98 Å². The number of para-hydroxylation sites is 4. The van der Waals surface area contributed by atoms with E-state index >= 15 is 0 Å². The van der Waals surface area contributed by atoms with E-state index in [2.05, 4.69) is 267 Å². The maximum Gasteiger partial charge on any atom is 0.341 e. The minimum atomic E-state index is -2.28. The van der Waals surface area contributed by atoms with Crippen LogP contribution in [0.5, 0.6) is 0 Å². The summed E-state index contributed by atoms with van der Waals surface area (Å²) in [6, 6.07) is 72.3. The van der Waals surface area contributed by atoms with Crippen LogP contribution in [0, 0.1) is 0 Å². The van der Waals surface area contributed by atoms with Gasteiger partial charge in [-0.3, -0.25) is 48.2 Å². The van der Waals surface area contributed by atoms with E-state index in [1.165, 1.54) is 98.3 Å². The lowest BCUT2D eigenvalue weighted by Gasteiger charge is -2.04. The van der Waals surface area contributed by atoms with Crippen LogP contribution in [-0.2, 0) is 60.8 Å². The van der Waals surface area contributed by atoms with Gasteiger partial charge in [-0.05, 0) is 140 Å². The molecular weight excluding hydrogens is 1550 g/mol. The number of hydrogen-bond acceptors (Lipinski definition) is 12. The second kappa shape index (κ2) is 27.2. The van der Waals surface area contributed by atoms with Crippen LogP contribution in [0.2, 0.25) is 0 Å². The number of imidazole rings is 5. The number of aryl methyl sites for hydroxylation is 4. The second-order valence-electron chi connectivity index (χ2n) is 31.3. The summed E-state index contributed by atoms with van der Waals surface area (Å²) >= 11 is 1.81. The maximum atomic E-state index is 8.02. The van der Waals surface area contributed by atoms with Gasteiger partial charge in [0.05, 0.1) is 84.4 Å². The van der Waals surface area contributed by atoms with E-state index in [9.17, 15) is 0 Å². The highest BCUT2D eigenvalue weighted by atomic mass is 32.1. The predicted octanol–water partition coefficient (Wildman–Crippen LogP) is 15.7. The van der Waals surface area contributed by atoms with Crippen molar-refractivity contribution in [2.75, 3.05) is 0 Å². The average Bonchev–Trinajstić information content (AvgIpc) is 1.52. The molecule has 29 rings (SSSR count). The third-order valence-corrected chi connectivity index (χ3v) is 25.8. The molecule has 0 radical (unpaired) electrons. The second-order valence-corrected chi connectivity index (χ2v) is 32.3. The molecule has 24 nitrogen and oxygen atoms in total. The Bertz CT molecular complexity index is 8420. The quantitative estimate of drug-likeness (QED) is 0.152. The van der Waals surface area contributed by atoms with Crippen LogP contribution < -0.4 is 22.8 Å². The molecule has 0 aliphatic carbocycles. The Morgan fingerprint density at radius 1 is 0.301 bits per heavy atom. The molecule has 0 amide bonds. The molecule has 0 bridgehead atoms. The van der Waals surface area contributed by atoms with Crippen molar-refractivity contribution >= 4 is 121 Å². The van der Waals surface area contributed by atoms with Gasteiger partial charge in [-0.1, -0.05) is 84.1 Å². The molecule has 25 heteroatoms. The molecule has 0 spiro atoms. The minimum absolute atomic E-state index is 0.613. The Morgan fingerprint density at radius 2 is 0.667 bits per heavy atom. The molecule has 0 saturated heterocycles. The predicted molar refractivity (Wildman–Crippen MR) is 472 cm³/mol. The first-order valence-electron chi connectivity index (χ1n) is 42.2. The zero-order valence-electron chi connectivity index (χ0n) is 69.5. The van der Waals surface area contributed by atoms with Crippen LogP contribution in [0.15, 0.2) is 310 Å². The zero-order valence-corrected chi connectivity index (χ0v) is 67.3. The van der Waals surface area contributed by atoms with Gasteiger partial charge in [-0.15, -0.1) is 0 Å². The highest BCUT2D eigenvalue weighted by Crippen LogP contribution is 2.44. The summed E-state index contributed by atoms with van der Waals surface area (Å²) in [4.78, 5) is 45.8. The van der Waals surface area contributed by atoms with Crippen molar-refractivity contribution < 1.29 is 31.4 Å². The van der Waals surface area contributed by atoms with Crippen molar-refractivity contribution in [2.24, 2.45) is 28.1 Å². The number of furan rings is 1. The van der Waals surface area contributed by atoms with Crippen molar-refractivity contribution in [1.29, 1.82) is 0 Å². The van der Waals surface area contributed by atoms with Crippen LogP contribution in [0.3, 0.4) is 0 Å². The number of benzene rings is 4. The molecule has 586 valence electrons. The van der Waals surface area contributed by atoms with Gasteiger partial charge in [0, 0.05) is 121 Å². The molecule has 0 unspecified atom stereocenters. The fourth-order valence-electron chi connectivity index (χ4n) is 19.6. The first-order chi connectivity index (χ1) is 62.0. The van der Waals surface area contributed by atoms with E-state index in [0.29, 0.717) is 23.2 Å². The summed E-state index contributed by atoms with van der Waals surface area (Å²) in [5.41, 5.74) is 34.4. The molecule has 0 N–H and O–H groups in total. The van der Waals surface area contributed by atoms with Crippen LogP contribution in [0.1, 0.15) is 31.9 Å².